The predicted octanol–water partition coefficient (Wildman–Crippen LogP) is 4.48. The minimum absolute atomic E-state index is 0.00688. The Hall–Kier alpha value is -3.98. The molecule has 212 valence electrons. The van der Waals surface area contributed by atoms with E-state index in [4.69, 9.17) is 4.98 Å². The Morgan fingerprint density at radius 1 is 1.02 bits per heavy atom. The Morgan fingerprint density at radius 3 is 2.49 bits per heavy atom. The number of likely N-dealkylation sites (tertiary alicyclic amines) is 1. The van der Waals surface area contributed by atoms with Crippen LogP contribution in [0.3, 0.4) is 0 Å². The lowest BCUT2D eigenvalue weighted by Crippen LogP contribution is -2.43. The molecular weight excluding hydrogens is 534 g/mol. The molecule has 0 radical (unpaired) electrons. The summed E-state index contributed by atoms with van der Waals surface area (Å²) < 4.78 is 1.60. The van der Waals surface area contributed by atoms with Crippen LogP contribution in [0.25, 0.3) is 10.9 Å². The largest absolute Gasteiger partial charge is 0.345 e. The summed E-state index contributed by atoms with van der Waals surface area (Å²) in [5, 5.41) is 1.32. The van der Waals surface area contributed by atoms with Crippen LogP contribution in [-0.2, 0) is 24.0 Å². The second-order valence-electron chi connectivity index (χ2n) is 10.6. The molecule has 8 nitrogen and oxygen atoms in total. The number of fused-ring (bicyclic) bond motifs is 1. The number of carbonyl (C=O) groups is 2. The maximum atomic E-state index is 13.2. The molecule has 0 unspecified atom stereocenters. The van der Waals surface area contributed by atoms with Crippen LogP contribution in [0.5, 0.6) is 0 Å². The van der Waals surface area contributed by atoms with Crippen molar-refractivity contribution in [2.75, 3.05) is 26.7 Å². The Morgan fingerprint density at radius 2 is 1.78 bits per heavy atom. The van der Waals surface area contributed by atoms with Crippen LogP contribution in [0.2, 0.25) is 0 Å². The number of pyridine rings is 1. The van der Waals surface area contributed by atoms with E-state index in [1.54, 1.807) is 22.7 Å². The van der Waals surface area contributed by atoms with Gasteiger partial charge in [0, 0.05) is 69.3 Å². The van der Waals surface area contributed by atoms with E-state index in [9.17, 15) is 14.4 Å². The fourth-order valence-corrected chi connectivity index (χ4v) is 6.17. The van der Waals surface area contributed by atoms with Crippen molar-refractivity contribution in [3.8, 4) is 0 Å². The summed E-state index contributed by atoms with van der Waals surface area (Å²) >= 11 is 1.50. The van der Waals surface area contributed by atoms with E-state index in [0.717, 1.165) is 23.2 Å². The molecule has 4 aromatic rings. The molecule has 0 N–H and O–H groups in total. The van der Waals surface area contributed by atoms with Gasteiger partial charge in [-0.05, 0) is 61.2 Å². The van der Waals surface area contributed by atoms with Crippen molar-refractivity contribution in [1.29, 1.82) is 0 Å². The number of hydrogen-bond acceptors (Lipinski definition) is 6. The number of benzene rings is 2. The van der Waals surface area contributed by atoms with E-state index in [-0.39, 0.29) is 23.3 Å². The number of aryl methyl sites for hydroxylation is 1. The highest BCUT2D eigenvalue weighted by molar-refractivity contribution is 7.98. The maximum absolute atomic E-state index is 13.2. The second kappa shape index (κ2) is 12.7. The van der Waals surface area contributed by atoms with E-state index in [1.807, 2.05) is 79.5 Å². The van der Waals surface area contributed by atoms with E-state index in [1.165, 1.54) is 11.8 Å². The number of nitrogens with zero attached hydrogens (tertiary/aromatic N) is 5. The maximum Gasteiger partial charge on any atom is 0.262 e. The number of carbonyl (C=O) groups excluding carboxylic acids is 2. The molecule has 1 aliphatic heterocycles. The molecule has 1 saturated heterocycles. The zero-order valence-corrected chi connectivity index (χ0v) is 24.6. The molecule has 0 atom stereocenters. The number of likely N-dealkylation sites (N-methyl/N-ethyl adjacent to an activating group) is 1. The van der Waals surface area contributed by atoms with Gasteiger partial charge in [0.25, 0.3) is 11.5 Å². The highest BCUT2D eigenvalue weighted by Gasteiger charge is 2.29. The fourth-order valence-electron chi connectivity index (χ4n) is 5.24. The third kappa shape index (κ3) is 6.51. The Balaban J connectivity index is 1.13. The van der Waals surface area contributed by atoms with Crippen molar-refractivity contribution in [3.63, 3.8) is 0 Å². The van der Waals surface area contributed by atoms with Crippen LogP contribution < -0.4 is 5.56 Å². The standard InChI is InChI=1S/C32H35N5O3S/c1-22-7-6-9-27-28(22)31(40)36(3)32(34-27)41-21-23-10-12-24(13-11-23)30(39)37-19-14-25(15-20-37)29(38)35(2)18-16-26-8-4-5-17-33-26/h4-13,17,25H,14-16,18-21H2,1-3H3. The predicted molar refractivity (Wildman–Crippen MR) is 162 cm³/mol. The summed E-state index contributed by atoms with van der Waals surface area (Å²) in [4.78, 5) is 51.7. The molecule has 2 amide bonds. The van der Waals surface area contributed by atoms with Crippen LogP contribution in [-0.4, -0.2) is 62.8 Å². The molecule has 9 heteroatoms. The quantitative estimate of drug-likeness (QED) is 0.230. The lowest BCUT2D eigenvalue weighted by Gasteiger charge is -2.33. The van der Waals surface area contributed by atoms with Gasteiger partial charge in [0.2, 0.25) is 5.91 Å². The van der Waals surface area contributed by atoms with Crippen molar-refractivity contribution in [3.05, 3.63) is 99.6 Å². The van der Waals surface area contributed by atoms with Gasteiger partial charge in [-0.2, -0.15) is 0 Å². The topological polar surface area (TPSA) is 88.4 Å². The highest BCUT2D eigenvalue weighted by Crippen LogP contribution is 2.24. The molecule has 0 bridgehead atoms. The van der Waals surface area contributed by atoms with Gasteiger partial charge in [0.1, 0.15) is 0 Å². The van der Waals surface area contributed by atoms with Gasteiger partial charge in [0.15, 0.2) is 5.16 Å². The summed E-state index contributed by atoms with van der Waals surface area (Å²) in [5.74, 6) is 0.708. The molecule has 2 aromatic heterocycles. The second-order valence-corrected chi connectivity index (χ2v) is 11.6. The minimum atomic E-state index is -0.0595. The van der Waals surface area contributed by atoms with E-state index in [0.29, 0.717) is 59.9 Å². The van der Waals surface area contributed by atoms with Crippen molar-refractivity contribution < 1.29 is 9.59 Å². The van der Waals surface area contributed by atoms with Crippen LogP contribution in [0.4, 0.5) is 0 Å². The van der Waals surface area contributed by atoms with Gasteiger partial charge in [-0.25, -0.2) is 4.98 Å². The van der Waals surface area contributed by atoms with E-state index < -0.39 is 0 Å². The number of piperidine rings is 1. The molecule has 0 spiro atoms. The lowest BCUT2D eigenvalue weighted by molar-refractivity contribution is -0.135. The lowest BCUT2D eigenvalue weighted by atomic mass is 9.94. The fraction of sp³-hybridized carbons (Fsp3) is 0.344. The first kappa shape index (κ1) is 28.5. The Kier molecular flexibility index (Phi) is 8.83. The molecule has 41 heavy (non-hydrogen) atoms. The number of amides is 2. The third-order valence-electron chi connectivity index (χ3n) is 7.78. The van der Waals surface area contributed by atoms with Crippen LogP contribution >= 0.6 is 11.8 Å². The monoisotopic (exact) mass is 569 g/mol. The Bertz CT molecular complexity index is 1600. The van der Waals surface area contributed by atoms with Gasteiger partial charge >= 0.3 is 0 Å². The molecule has 3 heterocycles. The van der Waals surface area contributed by atoms with Gasteiger partial charge in [0.05, 0.1) is 10.9 Å². The molecular formula is C32H35N5O3S. The number of hydrogen-bond donors (Lipinski definition) is 0. The first-order chi connectivity index (χ1) is 19.8. The van der Waals surface area contributed by atoms with Crippen LogP contribution in [0.15, 0.2) is 76.8 Å². The van der Waals surface area contributed by atoms with Crippen molar-refractivity contribution in [2.24, 2.45) is 13.0 Å². The smallest absolute Gasteiger partial charge is 0.262 e. The highest BCUT2D eigenvalue weighted by atomic mass is 32.2. The van der Waals surface area contributed by atoms with Crippen molar-refractivity contribution in [1.82, 2.24) is 24.3 Å². The zero-order valence-electron chi connectivity index (χ0n) is 23.7. The number of thioether (sulfide) groups is 1. The van der Waals surface area contributed by atoms with E-state index >= 15 is 0 Å². The molecule has 0 saturated carbocycles. The first-order valence-electron chi connectivity index (χ1n) is 13.9. The average molecular weight is 570 g/mol. The van der Waals surface area contributed by atoms with Crippen LogP contribution in [0, 0.1) is 12.8 Å². The van der Waals surface area contributed by atoms with Gasteiger partial charge in [-0.15, -0.1) is 0 Å². The minimum Gasteiger partial charge on any atom is -0.345 e. The van der Waals surface area contributed by atoms with Gasteiger partial charge in [-0.1, -0.05) is 42.1 Å². The Labute approximate surface area is 244 Å². The SMILES string of the molecule is Cc1cccc2nc(SCc3ccc(C(=O)N4CCC(C(=O)N(C)CCc5ccccn5)CC4)cc3)n(C)c(=O)c12. The van der Waals surface area contributed by atoms with E-state index in [2.05, 4.69) is 4.98 Å². The molecule has 1 fully saturated rings. The number of rotatable bonds is 8. The summed E-state index contributed by atoms with van der Waals surface area (Å²) in [6, 6.07) is 19.2. The van der Waals surface area contributed by atoms with Crippen LogP contribution in [0.1, 0.15) is 40.0 Å². The molecule has 1 aliphatic rings. The first-order valence-corrected chi connectivity index (χ1v) is 14.9. The van der Waals surface area contributed by atoms with Crippen molar-refractivity contribution in [2.45, 2.75) is 37.1 Å². The summed E-state index contributed by atoms with van der Waals surface area (Å²) in [6.45, 7) is 3.70. The third-order valence-corrected chi connectivity index (χ3v) is 8.88. The zero-order chi connectivity index (χ0) is 28.9. The molecule has 5 rings (SSSR count). The molecule has 2 aromatic carbocycles. The van der Waals surface area contributed by atoms with Crippen molar-refractivity contribution >= 4 is 34.5 Å². The summed E-state index contributed by atoms with van der Waals surface area (Å²) in [5.41, 5.74) is 4.25. The summed E-state index contributed by atoms with van der Waals surface area (Å²) in [7, 11) is 3.60. The van der Waals surface area contributed by atoms with Gasteiger partial charge < -0.3 is 9.80 Å². The van der Waals surface area contributed by atoms with Gasteiger partial charge in [-0.3, -0.25) is 23.9 Å². The average Bonchev–Trinajstić information content (AvgIpc) is 3.01. The summed E-state index contributed by atoms with van der Waals surface area (Å²) in [6.07, 6.45) is 3.84. The normalized spacial score (nSPS) is 13.9. The molecule has 0 aliphatic carbocycles. The number of aromatic nitrogens is 3.